The molecule has 0 aromatic heterocycles. The highest BCUT2D eigenvalue weighted by Gasteiger charge is 2.12. The first-order valence-electron chi connectivity index (χ1n) is 3.90. The molecule has 2 N–H and O–H groups in total. The molecule has 1 rings (SSSR count). The number of carbonyl (C=O) groups excluding carboxylic acids is 2. The number of nitrogens with two attached hydrogens (primary N) is 1. The van der Waals surface area contributed by atoms with E-state index in [1.165, 1.54) is 12.1 Å². The van der Waals surface area contributed by atoms with E-state index in [0.29, 0.717) is 17.4 Å². The molecule has 0 spiro atoms. The summed E-state index contributed by atoms with van der Waals surface area (Å²) < 4.78 is 0. The van der Waals surface area contributed by atoms with Gasteiger partial charge in [0.15, 0.2) is 0 Å². The van der Waals surface area contributed by atoms with Crippen molar-refractivity contribution in [3.63, 3.8) is 0 Å². The van der Waals surface area contributed by atoms with Crippen LogP contribution < -0.4 is 5.73 Å². The first-order valence-corrected chi connectivity index (χ1v) is 3.90. The van der Waals surface area contributed by atoms with Gasteiger partial charge in [-0.1, -0.05) is 6.07 Å². The van der Waals surface area contributed by atoms with Crippen LogP contribution in [0.4, 0.5) is 0 Å². The van der Waals surface area contributed by atoms with Crippen LogP contribution in [0.2, 0.25) is 0 Å². The third-order valence-electron chi connectivity index (χ3n) is 2.01. The number of primary amides is 1. The molecule has 1 aromatic rings. The molecule has 0 atom stereocenters. The second-order valence-corrected chi connectivity index (χ2v) is 2.80. The normalized spacial score (nSPS) is 9.14. The van der Waals surface area contributed by atoms with Gasteiger partial charge in [0.05, 0.1) is 11.1 Å². The monoisotopic (exact) mass is 188 g/mol. The fourth-order valence-corrected chi connectivity index (χ4v) is 1.20. The molecular formula is C10H8N2O2. The number of benzene rings is 1. The number of hydrogen-bond acceptors (Lipinski definition) is 3. The predicted octanol–water partition coefficient (Wildman–Crippen LogP) is 0.778. The van der Waals surface area contributed by atoms with Crippen LogP contribution in [0.1, 0.15) is 31.8 Å². The van der Waals surface area contributed by atoms with Crippen molar-refractivity contribution >= 4 is 12.2 Å². The van der Waals surface area contributed by atoms with E-state index in [2.05, 4.69) is 0 Å². The molecule has 0 radical (unpaired) electrons. The maximum Gasteiger partial charge on any atom is 0.250 e. The minimum Gasteiger partial charge on any atom is -0.366 e. The molecule has 0 aliphatic carbocycles. The second-order valence-electron chi connectivity index (χ2n) is 2.80. The lowest BCUT2D eigenvalue weighted by molar-refractivity contribution is 0.0999. The third-order valence-corrected chi connectivity index (χ3v) is 2.01. The fraction of sp³-hybridized carbons (Fsp3) is 0.100. The minimum absolute atomic E-state index is 0.149. The zero-order valence-corrected chi connectivity index (χ0v) is 7.57. The van der Waals surface area contributed by atoms with E-state index in [4.69, 9.17) is 11.0 Å². The van der Waals surface area contributed by atoms with Crippen LogP contribution in [0.25, 0.3) is 0 Å². The summed E-state index contributed by atoms with van der Waals surface area (Å²) in [5, 5.41) is 8.79. The van der Waals surface area contributed by atoms with E-state index in [1.807, 2.05) is 6.07 Å². The Hall–Kier alpha value is -2.15. The molecule has 0 fully saturated rings. The molecule has 0 unspecified atom stereocenters. The topological polar surface area (TPSA) is 84.0 Å². The standard InChI is InChI=1S/C10H8N2O2/c1-6-7(5-13)2-3-8(10(12)14)9(6)4-11/h2-3,5H,1H3,(H2,12,14). The molecule has 4 heteroatoms. The highest BCUT2D eigenvalue weighted by Crippen LogP contribution is 2.16. The summed E-state index contributed by atoms with van der Waals surface area (Å²) in [6, 6.07) is 4.72. The Bertz CT molecular complexity index is 444. The average Bonchev–Trinajstić information content (AvgIpc) is 2.17. The Labute approximate surface area is 80.9 Å². The highest BCUT2D eigenvalue weighted by atomic mass is 16.1. The van der Waals surface area contributed by atoms with Gasteiger partial charge >= 0.3 is 0 Å². The van der Waals surface area contributed by atoms with Crippen molar-refractivity contribution in [1.29, 1.82) is 5.26 Å². The summed E-state index contributed by atoms with van der Waals surface area (Å²) in [6.07, 6.45) is 0.640. The van der Waals surface area contributed by atoms with Crippen molar-refractivity contribution in [2.75, 3.05) is 0 Å². The smallest absolute Gasteiger partial charge is 0.250 e. The Morgan fingerprint density at radius 1 is 1.57 bits per heavy atom. The SMILES string of the molecule is Cc1c(C=O)ccc(C(N)=O)c1C#N. The van der Waals surface area contributed by atoms with Gasteiger partial charge in [0.25, 0.3) is 0 Å². The summed E-state index contributed by atoms with van der Waals surface area (Å²) >= 11 is 0. The van der Waals surface area contributed by atoms with Gasteiger partial charge in [-0.2, -0.15) is 5.26 Å². The molecule has 0 saturated heterocycles. The van der Waals surface area contributed by atoms with E-state index >= 15 is 0 Å². The van der Waals surface area contributed by atoms with Gasteiger partial charge in [-0.3, -0.25) is 9.59 Å². The number of rotatable bonds is 2. The van der Waals surface area contributed by atoms with Crippen LogP contribution in [-0.2, 0) is 0 Å². The predicted molar refractivity (Wildman–Crippen MR) is 49.8 cm³/mol. The largest absolute Gasteiger partial charge is 0.366 e. The molecule has 0 aliphatic rings. The third kappa shape index (κ3) is 1.48. The van der Waals surface area contributed by atoms with Gasteiger partial charge in [-0.25, -0.2) is 0 Å². The van der Waals surface area contributed by atoms with Crippen LogP contribution >= 0.6 is 0 Å². The Kier molecular flexibility index (Phi) is 2.63. The molecule has 0 saturated carbocycles. The molecule has 0 heterocycles. The summed E-state index contributed by atoms with van der Waals surface area (Å²) in [5.74, 6) is -0.665. The van der Waals surface area contributed by atoms with Crippen molar-refractivity contribution in [1.82, 2.24) is 0 Å². The van der Waals surface area contributed by atoms with E-state index in [1.54, 1.807) is 6.92 Å². The number of amides is 1. The molecule has 0 bridgehead atoms. The van der Waals surface area contributed by atoms with Gasteiger partial charge in [-0.15, -0.1) is 0 Å². The number of nitrogens with zero attached hydrogens (tertiary/aromatic N) is 1. The lowest BCUT2D eigenvalue weighted by atomic mass is 9.98. The number of carbonyl (C=O) groups is 2. The van der Waals surface area contributed by atoms with E-state index < -0.39 is 5.91 Å². The lowest BCUT2D eigenvalue weighted by Crippen LogP contribution is -2.14. The van der Waals surface area contributed by atoms with Crippen LogP contribution in [-0.4, -0.2) is 12.2 Å². The number of nitriles is 1. The minimum atomic E-state index is -0.665. The van der Waals surface area contributed by atoms with Crippen LogP contribution in [0.5, 0.6) is 0 Å². The van der Waals surface area contributed by atoms with Crippen LogP contribution in [0, 0.1) is 18.3 Å². The van der Waals surface area contributed by atoms with Gasteiger partial charge in [-0.05, 0) is 18.6 Å². The van der Waals surface area contributed by atoms with Gasteiger partial charge < -0.3 is 5.73 Å². The molecular weight excluding hydrogens is 180 g/mol. The quantitative estimate of drug-likeness (QED) is 0.696. The lowest BCUT2D eigenvalue weighted by Gasteiger charge is -2.04. The van der Waals surface area contributed by atoms with Crippen molar-refractivity contribution in [3.05, 3.63) is 34.4 Å². The molecule has 1 aromatic carbocycles. The van der Waals surface area contributed by atoms with E-state index in [9.17, 15) is 9.59 Å². The first-order chi connectivity index (χ1) is 6.61. The number of aldehydes is 1. The van der Waals surface area contributed by atoms with Gasteiger partial charge in [0.2, 0.25) is 5.91 Å². The molecule has 14 heavy (non-hydrogen) atoms. The maximum atomic E-state index is 10.9. The van der Waals surface area contributed by atoms with Crippen LogP contribution in [0.15, 0.2) is 12.1 Å². The summed E-state index contributed by atoms with van der Waals surface area (Å²) in [6.45, 7) is 1.61. The summed E-state index contributed by atoms with van der Waals surface area (Å²) in [4.78, 5) is 21.5. The second kappa shape index (κ2) is 3.71. The van der Waals surface area contributed by atoms with Gasteiger partial charge in [0.1, 0.15) is 12.4 Å². The molecule has 0 aliphatic heterocycles. The van der Waals surface area contributed by atoms with E-state index in [0.717, 1.165) is 0 Å². The Morgan fingerprint density at radius 3 is 2.64 bits per heavy atom. The highest BCUT2D eigenvalue weighted by molar-refractivity contribution is 5.97. The summed E-state index contributed by atoms with van der Waals surface area (Å²) in [7, 11) is 0. The molecule has 70 valence electrons. The van der Waals surface area contributed by atoms with Crippen LogP contribution in [0.3, 0.4) is 0 Å². The Morgan fingerprint density at radius 2 is 2.21 bits per heavy atom. The maximum absolute atomic E-state index is 10.9. The summed E-state index contributed by atoms with van der Waals surface area (Å²) in [5.41, 5.74) is 6.27. The molecule has 4 nitrogen and oxygen atoms in total. The van der Waals surface area contributed by atoms with Crippen molar-refractivity contribution in [2.24, 2.45) is 5.73 Å². The van der Waals surface area contributed by atoms with E-state index in [-0.39, 0.29) is 11.1 Å². The average molecular weight is 188 g/mol. The first kappa shape index (κ1) is 9.93. The zero-order valence-electron chi connectivity index (χ0n) is 7.57. The zero-order chi connectivity index (χ0) is 10.7. The van der Waals surface area contributed by atoms with Crippen molar-refractivity contribution in [3.8, 4) is 6.07 Å². The Balaban J connectivity index is 3.53. The van der Waals surface area contributed by atoms with Crippen molar-refractivity contribution < 1.29 is 9.59 Å². The van der Waals surface area contributed by atoms with Crippen molar-refractivity contribution in [2.45, 2.75) is 6.92 Å². The number of hydrogen-bond donors (Lipinski definition) is 1. The fourth-order valence-electron chi connectivity index (χ4n) is 1.20. The van der Waals surface area contributed by atoms with Gasteiger partial charge in [0, 0.05) is 5.56 Å². The molecule has 1 amide bonds.